The van der Waals surface area contributed by atoms with Crippen LogP contribution in [-0.4, -0.2) is 44.0 Å². The molecule has 1 amide bonds. The van der Waals surface area contributed by atoms with Crippen molar-refractivity contribution in [2.75, 3.05) is 13.7 Å². The molecule has 0 fully saturated rings. The van der Waals surface area contributed by atoms with Crippen molar-refractivity contribution in [1.29, 1.82) is 0 Å². The largest absolute Gasteiger partial charge is 0.497 e. The van der Waals surface area contributed by atoms with Gasteiger partial charge in [-0.3, -0.25) is 4.79 Å². The average Bonchev–Trinajstić information content (AvgIpc) is 3.36. The summed E-state index contributed by atoms with van der Waals surface area (Å²) < 4.78 is 32.6. The summed E-state index contributed by atoms with van der Waals surface area (Å²) in [6, 6.07) is 9.99. The summed E-state index contributed by atoms with van der Waals surface area (Å²) in [7, 11) is -2.09. The van der Waals surface area contributed by atoms with E-state index in [-0.39, 0.29) is 17.3 Å². The number of carboxylic acids is 1. The molecule has 0 saturated carbocycles. The monoisotopic (exact) mass is 554 g/mol. The normalized spacial score (nSPS) is 10.9. The molecule has 0 bridgehead atoms. The summed E-state index contributed by atoms with van der Waals surface area (Å²) in [6.07, 6.45) is 9.70. The minimum Gasteiger partial charge on any atom is -0.497 e. The van der Waals surface area contributed by atoms with Crippen molar-refractivity contribution in [3.63, 3.8) is 0 Å². The van der Waals surface area contributed by atoms with Gasteiger partial charge < -0.3 is 14.7 Å². The number of nitrogens with one attached hydrogen (secondary N) is 1. The van der Waals surface area contributed by atoms with Crippen LogP contribution in [0.3, 0.4) is 0 Å². The van der Waals surface area contributed by atoms with E-state index < -0.39 is 21.9 Å². The maximum Gasteiger partial charge on any atom is 0.394 e. The number of carboxylic acid groups (broad SMARTS) is 1. The van der Waals surface area contributed by atoms with E-state index in [0.29, 0.717) is 17.2 Å². The average molecular weight is 555 g/mol. The second-order valence-corrected chi connectivity index (χ2v) is 11.9. The number of unbranched alkanes of at least 4 members (excludes halogenated alkanes) is 6. The van der Waals surface area contributed by atoms with E-state index in [1.54, 1.807) is 30.3 Å². The van der Waals surface area contributed by atoms with Gasteiger partial charge in [-0.05, 0) is 36.2 Å². The zero-order valence-corrected chi connectivity index (χ0v) is 24.1. The van der Waals surface area contributed by atoms with Gasteiger partial charge in [-0.1, -0.05) is 77.8 Å². The number of thiophene rings is 1. The summed E-state index contributed by atoms with van der Waals surface area (Å²) in [5.41, 5.74) is 0.729. The van der Waals surface area contributed by atoms with Crippen LogP contribution in [-0.2, 0) is 32.7 Å². The fraction of sp³-hybridized carbons (Fsp3) is 0.556. The maximum atomic E-state index is 12.4. The molecular weight excluding hydrogens is 512 g/mol. The van der Waals surface area contributed by atoms with Crippen molar-refractivity contribution < 1.29 is 27.9 Å². The molecule has 1 aromatic heterocycles. The summed E-state index contributed by atoms with van der Waals surface area (Å²) >= 11 is 1.02. The first-order valence-electron chi connectivity index (χ1n) is 12.9. The van der Waals surface area contributed by atoms with E-state index in [0.717, 1.165) is 36.2 Å². The van der Waals surface area contributed by atoms with Crippen molar-refractivity contribution in [3.8, 4) is 5.75 Å². The van der Waals surface area contributed by atoms with Crippen molar-refractivity contribution in [2.24, 2.45) is 0 Å². The summed E-state index contributed by atoms with van der Waals surface area (Å²) in [5, 5.41) is 9.15. The highest BCUT2D eigenvalue weighted by atomic mass is 32.2. The molecule has 10 heteroatoms. The number of nitrogens with zero attached hydrogens (tertiary/aromatic N) is 1. The predicted octanol–water partition coefficient (Wildman–Crippen LogP) is 5.82. The van der Waals surface area contributed by atoms with Gasteiger partial charge >= 0.3 is 11.9 Å². The van der Waals surface area contributed by atoms with Gasteiger partial charge in [-0.2, -0.15) is 0 Å². The first-order valence-corrected chi connectivity index (χ1v) is 15.2. The zero-order chi connectivity index (χ0) is 27.7. The Morgan fingerprint density at radius 3 is 2.03 bits per heavy atom. The highest BCUT2D eigenvalue weighted by molar-refractivity contribution is 7.91. The third kappa shape index (κ3) is 12.6. The number of amides is 1. The quantitative estimate of drug-likeness (QED) is 0.212. The maximum absolute atomic E-state index is 12.4. The third-order valence-electron chi connectivity index (χ3n) is 5.53. The minimum atomic E-state index is -3.62. The summed E-state index contributed by atoms with van der Waals surface area (Å²) in [4.78, 5) is 25.1. The molecule has 37 heavy (non-hydrogen) atoms. The summed E-state index contributed by atoms with van der Waals surface area (Å²) in [6.45, 7) is 6.96. The first kappa shape index (κ1) is 32.6. The molecule has 1 aromatic carbocycles. The number of sulfonamides is 1. The molecule has 2 rings (SSSR count). The number of carbonyl (C=O) groups is 2. The van der Waals surface area contributed by atoms with E-state index >= 15 is 0 Å². The molecule has 0 unspecified atom stereocenters. The topological polar surface area (TPSA) is 113 Å². The Balaban J connectivity index is 0.000000856. The fourth-order valence-electron chi connectivity index (χ4n) is 3.39. The van der Waals surface area contributed by atoms with Crippen LogP contribution in [0.2, 0.25) is 0 Å². The molecule has 2 aromatic rings. The van der Waals surface area contributed by atoms with Crippen LogP contribution in [0.4, 0.5) is 0 Å². The van der Waals surface area contributed by atoms with Gasteiger partial charge in [-0.15, -0.1) is 11.3 Å². The molecular formula is C27H42N2O6S2. The number of carbonyl (C=O) groups excluding carboxylic acids is 1. The standard InChI is InChI=1S/C20H26N2O6S2.C7H16/c1-3-4-5-12-21-30(26,27)18-11-10-17(29-18)14-22(19(23)20(24)25)13-15-6-8-16(28-2)9-7-15;1-3-5-7-6-4-2/h6-11,21H,3-5,12-14H2,1-2H3,(H,24,25);3-7H2,1-2H3. The van der Waals surface area contributed by atoms with Crippen molar-refractivity contribution in [3.05, 3.63) is 46.8 Å². The molecule has 8 nitrogen and oxygen atoms in total. The highest BCUT2D eigenvalue weighted by Crippen LogP contribution is 2.24. The van der Waals surface area contributed by atoms with Gasteiger partial charge in [0.15, 0.2) is 0 Å². The Hall–Kier alpha value is -2.43. The smallest absolute Gasteiger partial charge is 0.394 e. The van der Waals surface area contributed by atoms with Gasteiger partial charge in [-0.25, -0.2) is 17.9 Å². The molecule has 0 spiro atoms. The molecule has 0 aliphatic heterocycles. The number of rotatable bonds is 15. The lowest BCUT2D eigenvalue weighted by Crippen LogP contribution is -2.35. The Labute approximate surface area is 226 Å². The number of hydrogen-bond acceptors (Lipinski definition) is 6. The lowest BCUT2D eigenvalue weighted by molar-refractivity contribution is -0.156. The van der Waals surface area contributed by atoms with E-state index in [1.807, 2.05) is 6.92 Å². The van der Waals surface area contributed by atoms with E-state index in [1.165, 1.54) is 50.2 Å². The zero-order valence-electron chi connectivity index (χ0n) is 22.5. The van der Waals surface area contributed by atoms with Crippen LogP contribution in [0.5, 0.6) is 5.75 Å². The second kappa shape index (κ2) is 17.9. The van der Waals surface area contributed by atoms with E-state index in [9.17, 15) is 18.0 Å². The van der Waals surface area contributed by atoms with Gasteiger partial charge in [0.25, 0.3) is 0 Å². The summed E-state index contributed by atoms with van der Waals surface area (Å²) in [5.74, 6) is -1.97. The predicted molar refractivity (Wildman–Crippen MR) is 148 cm³/mol. The van der Waals surface area contributed by atoms with Crippen LogP contribution in [0.25, 0.3) is 0 Å². The van der Waals surface area contributed by atoms with Crippen molar-refractivity contribution >= 4 is 33.2 Å². The van der Waals surface area contributed by atoms with Crippen LogP contribution in [0, 0.1) is 0 Å². The number of ether oxygens (including phenoxy) is 1. The van der Waals surface area contributed by atoms with Gasteiger partial charge in [0.2, 0.25) is 10.0 Å². The molecule has 0 radical (unpaired) electrons. The number of hydrogen-bond donors (Lipinski definition) is 2. The number of benzene rings is 1. The SMILES string of the molecule is CCCCCCC.CCCCCNS(=O)(=O)c1ccc(CN(Cc2ccc(OC)cc2)C(=O)C(=O)O)s1. The molecule has 0 atom stereocenters. The molecule has 2 N–H and O–H groups in total. The van der Waals surface area contributed by atoms with Crippen molar-refractivity contribution in [2.45, 2.75) is 89.4 Å². The fourth-order valence-corrected chi connectivity index (χ4v) is 5.88. The first-order chi connectivity index (χ1) is 17.7. The lowest BCUT2D eigenvalue weighted by Gasteiger charge is -2.20. The van der Waals surface area contributed by atoms with Crippen LogP contribution < -0.4 is 9.46 Å². The third-order valence-corrected chi connectivity index (χ3v) is 8.55. The van der Waals surface area contributed by atoms with Crippen LogP contribution in [0.1, 0.15) is 82.6 Å². The molecule has 0 aliphatic rings. The number of methoxy groups -OCH3 is 1. The van der Waals surface area contributed by atoms with Gasteiger partial charge in [0.05, 0.1) is 13.7 Å². The Bertz CT molecular complexity index is 1030. The van der Waals surface area contributed by atoms with Crippen LogP contribution >= 0.6 is 11.3 Å². The molecule has 208 valence electrons. The lowest BCUT2D eigenvalue weighted by atomic mass is 10.2. The van der Waals surface area contributed by atoms with Crippen LogP contribution in [0.15, 0.2) is 40.6 Å². The van der Waals surface area contributed by atoms with E-state index in [4.69, 9.17) is 9.84 Å². The Kier molecular flexibility index (Phi) is 15.8. The Morgan fingerprint density at radius 1 is 0.892 bits per heavy atom. The van der Waals surface area contributed by atoms with Gasteiger partial charge in [0, 0.05) is 18.0 Å². The Morgan fingerprint density at radius 2 is 1.49 bits per heavy atom. The van der Waals surface area contributed by atoms with Gasteiger partial charge in [0.1, 0.15) is 9.96 Å². The molecule has 0 aliphatic carbocycles. The molecule has 0 saturated heterocycles. The number of aliphatic carboxylic acids is 1. The van der Waals surface area contributed by atoms with E-state index in [2.05, 4.69) is 18.6 Å². The highest BCUT2D eigenvalue weighted by Gasteiger charge is 2.23. The van der Waals surface area contributed by atoms with Crippen molar-refractivity contribution in [1.82, 2.24) is 9.62 Å². The second-order valence-electron chi connectivity index (χ2n) is 8.70. The molecule has 1 heterocycles. The minimum absolute atomic E-state index is 0.00676.